The maximum absolute atomic E-state index is 14.7. The second kappa shape index (κ2) is 7.59. The normalized spacial score (nSPS) is 31.2. The Morgan fingerprint density at radius 2 is 2.11 bits per heavy atom. The third kappa shape index (κ3) is 3.50. The van der Waals surface area contributed by atoms with Crippen LogP contribution in [0.4, 0.5) is 10.2 Å². The molecule has 0 aliphatic carbocycles. The molecule has 0 bridgehead atoms. The van der Waals surface area contributed by atoms with Crippen molar-refractivity contribution in [1.82, 2.24) is 24.2 Å². The lowest BCUT2D eigenvalue weighted by molar-refractivity contribution is -0.0456. The number of nitrogens with two attached hydrogens (primary N) is 1. The summed E-state index contributed by atoms with van der Waals surface area (Å²) in [6.07, 6.45) is -3.30. The van der Waals surface area contributed by atoms with Crippen molar-refractivity contribution in [3.63, 3.8) is 0 Å². The van der Waals surface area contributed by atoms with Crippen molar-refractivity contribution in [2.75, 3.05) is 38.6 Å². The molecule has 4 rings (SSSR count). The summed E-state index contributed by atoms with van der Waals surface area (Å²) in [5.74, 6) is 0.129. The van der Waals surface area contributed by atoms with Gasteiger partial charge in [0, 0.05) is 13.1 Å². The van der Waals surface area contributed by atoms with E-state index in [2.05, 4.69) is 15.0 Å². The second-order valence-electron chi connectivity index (χ2n) is 6.44. The molecule has 4 N–H and O–H groups in total. The zero-order valence-corrected chi connectivity index (χ0v) is 15.6. The van der Waals surface area contributed by atoms with Gasteiger partial charge in [-0.05, 0) is 0 Å². The van der Waals surface area contributed by atoms with Crippen molar-refractivity contribution >= 4 is 24.7 Å². The van der Waals surface area contributed by atoms with E-state index in [1.54, 1.807) is 0 Å². The molecule has 0 saturated carbocycles. The third-order valence-corrected chi connectivity index (χ3v) is 6.31. The molecule has 0 spiro atoms. The highest BCUT2D eigenvalue weighted by molar-refractivity contribution is 7.50. The number of halogens is 1. The van der Waals surface area contributed by atoms with Gasteiger partial charge in [0.25, 0.3) is 0 Å². The summed E-state index contributed by atoms with van der Waals surface area (Å²) in [4.78, 5) is 22.0. The number of aromatic nitrogens is 4. The number of rotatable bonds is 5. The highest BCUT2D eigenvalue weighted by Gasteiger charge is 2.47. The molecular formula is C14H20FN6O6P. The molecule has 2 aromatic rings. The van der Waals surface area contributed by atoms with Gasteiger partial charge in [-0.3, -0.25) is 9.09 Å². The Hall–Kier alpha value is -1.73. The van der Waals surface area contributed by atoms with Crippen molar-refractivity contribution in [3.8, 4) is 0 Å². The molecule has 154 valence electrons. The van der Waals surface area contributed by atoms with E-state index in [9.17, 15) is 19.0 Å². The van der Waals surface area contributed by atoms with Crippen LogP contribution < -0.4 is 5.73 Å². The van der Waals surface area contributed by atoms with Crippen molar-refractivity contribution in [1.29, 1.82) is 0 Å². The zero-order valence-electron chi connectivity index (χ0n) is 14.7. The number of imidazole rings is 1. The Labute approximate surface area is 158 Å². The predicted octanol–water partition coefficient (Wildman–Crippen LogP) is -0.546. The first-order valence-electron chi connectivity index (χ1n) is 8.59. The standard InChI is InChI=1S/C14H20FN6O6P/c15-9-11(22)8(5-26-28(23,24)20-1-3-25-4-2-20)27-14(9)21-7-19-10-12(16)17-6-18-13(10)21/h6-9,11,14,22H,1-5H2,(H,23,24)(H2,16,17,18)/t8-,9?,11?,14-/m1/s1. The first-order chi connectivity index (χ1) is 13.4. The average Bonchev–Trinajstić information content (AvgIpc) is 3.24. The quantitative estimate of drug-likeness (QED) is 0.535. The number of morpholine rings is 1. The van der Waals surface area contributed by atoms with E-state index >= 15 is 0 Å². The molecule has 2 aliphatic heterocycles. The number of nitrogens with zero attached hydrogens (tertiary/aromatic N) is 5. The van der Waals surface area contributed by atoms with Crippen LogP contribution in [0, 0.1) is 0 Å². The van der Waals surface area contributed by atoms with Gasteiger partial charge in [-0.1, -0.05) is 0 Å². The Kier molecular flexibility index (Phi) is 5.31. The number of hydrogen-bond acceptors (Lipinski definition) is 9. The van der Waals surface area contributed by atoms with Crippen LogP contribution in [0.15, 0.2) is 12.7 Å². The molecule has 28 heavy (non-hydrogen) atoms. The van der Waals surface area contributed by atoms with Crippen LogP contribution in [-0.2, 0) is 18.6 Å². The highest BCUT2D eigenvalue weighted by Crippen LogP contribution is 2.47. The van der Waals surface area contributed by atoms with Crippen LogP contribution >= 0.6 is 7.75 Å². The first kappa shape index (κ1) is 19.6. The second-order valence-corrected chi connectivity index (χ2v) is 8.24. The van der Waals surface area contributed by atoms with E-state index in [0.29, 0.717) is 13.2 Å². The number of ether oxygens (including phenoxy) is 2. The maximum atomic E-state index is 14.7. The molecule has 2 fully saturated rings. The number of nitrogen functional groups attached to an aromatic ring is 1. The van der Waals surface area contributed by atoms with Crippen LogP contribution in [0.5, 0.6) is 0 Å². The van der Waals surface area contributed by atoms with Crippen molar-refractivity contribution in [2.45, 2.75) is 24.6 Å². The Balaban J connectivity index is 1.47. The summed E-state index contributed by atoms with van der Waals surface area (Å²) >= 11 is 0. The number of hydrogen-bond donors (Lipinski definition) is 3. The molecular weight excluding hydrogens is 398 g/mol. The molecule has 12 nitrogen and oxygen atoms in total. The Morgan fingerprint density at radius 3 is 2.86 bits per heavy atom. The van der Waals surface area contributed by atoms with E-state index in [1.807, 2.05) is 0 Å². The van der Waals surface area contributed by atoms with E-state index in [4.69, 9.17) is 19.7 Å². The van der Waals surface area contributed by atoms with Crippen LogP contribution in [0.25, 0.3) is 11.2 Å². The Morgan fingerprint density at radius 1 is 1.36 bits per heavy atom. The van der Waals surface area contributed by atoms with Crippen LogP contribution in [0.2, 0.25) is 0 Å². The van der Waals surface area contributed by atoms with Crippen LogP contribution in [0.1, 0.15) is 6.23 Å². The minimum absolute atomic E-state index is 0.129. The number of alkyl halides is 1. The van der Waals surface area contributed by atoms with Gasteiger partial charge in [-0.2, -0.15) is 0 Å². The molecule has 3 unspecified atom stereocenters. The lowest BCUT2D eigenvalue weighted by atomic mass is 10.1. The summed E-state index contributed by atoms with van der Waals surface area (Å²) < 4.78 is 45.4. The van der Waals surface area contributed by atoms with Crippen LogP contribution in [0.3, 0.4) is 0 Å². The number of aliphatic hydroxyl groups excluding tert-OH is 1. The average molecular weight is 418 g/mol. The molecule has 4 heterocycles. The van der Waals surface area contributed by atoms with Gasteiger partial charge in [0.15, 0.2) is 23.9 Å². The van der Waals surface area contributed by atoms with E-state index < -0.39 is 39.0 Å². The minimum atomic E-state index is -4.11. The zero-order chi connectivity index (χ0) is 19.9. The van der Waals surface area contributed by atoms with Crippen molar-refractivity contribution < 1.29 is 33.0 Å². The fraction of sp³-hybridized carbons (Fsp3) is 0.643. The molecule has 0 aromatic carbocycles. The molecule has 0 radical (unpaired) electrons. The molecule has 2 aromatic heterocycles. The molecule has 2 aliphatic rings. The third-order valence-electron chi connectivity index (χ3n) is 4.71. The minimum Gasteiger partial charge on any atom is -0.387 e. The van der Waals surface area contributed by atoms with E-state index in [1.165, 1.54) is 21.9 Å². The number of aliphatic hydroxyl groups is 1. The summed E-state index contributed by atoms with van der Waals surface area (Å²) in [6, 6.07) is 0. The van der Waals surface area contributed by atoms with E-state index in [0.717, 1.165) is 0 Å². The number of fused-ring (bicyclic) bond motifs is 1. The van der Waals surface area contributed by atoms with Gasteiger partial charge < -0.3 is 25.2 Å². The molecule has 14 heteroatoms. The summed E-state index contributed by atoms with van der Waals surface area (Å²) in [5, 5.41) is 10.2. The fourth-order valence-corrected chi connectivity index (χ4v) is 4.35. The van der Waals surface area contributed by atoms with Gasteiger partial charge >= 0.3 is 7.75 Å². The van der Waals surface area contributed by atoms with Gasteiger partial charge in [0.05, 0.1) is 26.1 Å². The Bertz CT molecular complexity index is 894. The van der Waals surface area contributed by atoms with Gasteiger partial charge in [0.1, 0.15) is 24.1 Å². The van der Waals surface area contributed by atoms with Crippen molar-refractivity contribution in [2.24, 2.45) is 0 Å². The molecule has 2 saturated heterocycles. The van der Waals surface area contributed by atoms with Gasteiger partial charge in [-0.15, -0.1) is 0 Å². The SMILES string of the molecule is Nc1ncnc2c1ncn2[C@@H]1O[C@H](COP(=O)(O)N2CCOCC2)C(O)C1F. The smallest absolute Gasteiger partial charge is 0.387 e. The maximum Gasteiger partial charge on any atom is 0.405 e. The lowest BCUT2D eigenvalue weighted by Gasteiger charge is -2.30. The lowest BCUT2D eigenvalue weighted by Crippen LogP contribution is -2.36. The summed E-state index contributed by atoms with van der Waals surface area (Å²) in [5.41, 5.74) is 6.24. The van der Waals surface area contributed by atoms with Gasteiger partial charge in [0.2, 0.25) is 0 Å². The largest absolute Gasteiger partial charge is 0.405 e. The van der Waals surface area contributed by atoms with E-state index in [-0.39, 0.29) is 30.1 Å². The summed E-state index contributed by atoms with van der Waals surface area (Å²) in [7, 11) is -4.11. The fourth-order valence-electron chi connectivity index (χ4n) is 3.18. The highest BCUT2D eigenvalue weighted by atomic mass is 31.2. The summed E-state index contributed by atoms with van der Waals surface area (Å²) in [6.45, 7) is 0.622. The molecule has 0 amide bonds. The monoisotopic (exact) mass is 418 g/mol. The first-order valence-corrected chi connectivity index (χ1v) is 10.1. The predicted molar refractivity (Wildman–Crippen MR) is 92.7 cm³/mol. The van der Waals surface area contributed by atoms with Crippen LogP contribution in [-0.4, -0.2) is 85.5 Å². The van der Waals surface area contributed by atoms with Gasteiger partial charge in [-0.25, -0.2) is 28.6 Å². The van der Waals surface area contributed by atoms with Crippen molar-refractivity contribution in [3.05, 3.63) is 12.7 Å². The topological polar surface area (TPSA) is 158 Å². The molecule has 5 atom stereocenters. The number of anilines is 1.